The third-order valence-corrected chi connectivity index (χ3v) is 3.54. The predicted molar refractivity (Wildman–Crippen MR) is 75.5 cm³/mol. The van der Waals surface area contributed by atoms with Crippen molar-refractivity contribution < 1.29 is 19.8 Å². The molecule has 5 heteroatoms. The Morgan fingerprint density at radius 1 is 1.40 bits per heavy atom. The van der Waals surface area contributed by atoms with Gasteiger partial charge in [0, 0.05) is 30.3 Å². The van der Waals surface area contributed by atoms with Gasteiger partial charge in [0.2, 0.25) is 0 Å². The summed E-state index contributed by atoms with van der Waals surface area (Å²) in [6.07, 6.45) is 3.05. The maximum absolute atomic E-state index is 11.3. The number of hydrogen-bond acceptors (Lipinski definition) is 3. The fourth-order valence-electron chi connectivity index (χ4n) is 2.65. The van der Waals surface area contributed by atoms with Crippen LogP contribution in [0.15, 0.2) is 12.3 Å². The Hall–Kier alpha value is -2.14. The van der Waals surface area contributed by atoms with E-state index in [1.165, 1.54) is 0 Å². The molecule has 5 nitrogen and oxygen atoms in total. The number of carbonyl (C=O) groups is 2. The average molecular weight is 275 g/mol. The van der Waals surface area contributed by atoms with Crippen LogP contribution < -0.4 is 0 Å². The summed E-state index contributed by atoms with van der Waals surface area (Å²) in [7, 11) is 0. The van der Waals surface area contributed by atoms with Crippen LogP contribution in [0.3, 0.4) is 0 Å². The number of hydrogen-bond donors (Lipinski definition) is 2. The SMILES string of the molecule is Cc1c(C(=O)O)cc(C)c2c1c(C=O)cn2CCCO. The molecule has 0 aliphatic carbocycles. The van der Waals surface area contributed by atoms with Crippen molar-refractivity contribution in [3.8, 4) is 0 Å². The zero-order valence-electron chi connectivity index (χ0n) is 11.5. The average Bonchev–Trinajstić information content (AvgIpc) is 2.79. The number of aromatic carboxylic acids is 1. The van der Waals surface area contributed by atoms with E-state index >= 15 is 0 Å². The van der Waals surface area contributed by atoms with Gasteiger partial charge in [0.25, 0.3) is 0 Å². The molecule has 106 valence electrons. The number of nitrogens with zero attached hydrogens (tertiary/aromatic N) is 1. The first-order valence-corrected chi connectivity index (χ1v) is 6.43. The van der Waals surface area contributed by atoms with E-state index in [0.29, 0.717) is 29.5 Å². The summed E-state index contributed by atoms with van der Waals surface area (Å²) in [5, 5.41) is 18.9. The molecule has 2 N–H and O–H groups in total. The number of aldehydes is 1. The molecule has 1 heterocycles. The third-order valence-electron chi connectivity index (χ3n) is 3.54. The first kappa shape index (κ1) is 14.3. The van der Waals surface area contributed by atoms with Crippen LogP contribution in [0.5, 0.6) is 0 Å². The number of carboxylic acids is 1. The van der Waals surface area contributed by atoms with E-state index in [0.717, 1.165) is 17.4 Å². The normalized spacial score (nSPS) is 10.9. The van der Waals surface area contributed by atoms with Gasteiger partial charge in [-0.3, -0.25) is 4.79 Å². The molecule has 0 spiro atoms. The van der Waals surface area contributed by atoms with Gasteiger partial charge >= 0.3 is 5.97 Å². The summed E-state index contributed by atoms with van der Waals surface area (Å²) in [5.41, 5.74) is 2.99. The van der Waals surface area contributed by atoms with Gasteiger partial charge < -0.3 is 14.8 Å². The highest BCUT2D eigenvalue weighted by Gasteiger charge is 2.18. The fourth-order valence-corrected chi connectivity index (χ4v) is 2.65. The molecule has 2 rings (SSSR count). The first-order chi connectivity index (χ1) is 9.51. The lowest BCUT2D eigenvalue weighted by Gasteiger charge is -2.10. The van der Waals surface area contributed by atoms with Gasteiger partial charge in [0.05, 0.1) is 11.1 Å². The summed E-state index contributed by atoms with van der Waals surface area (Å²) in [6, 6.07) is 1.63. The van der Waals surface area contributed by atoms with Crippen molar-refractivity contribution in [1.82, 2.24) is 4.57 Å². The Kier molecular flexibility index (Phi) is 3.90. The predicted octanol–water partition coefficient (Wildman–Crippen LogP) is 2.15. The summed E-state index contributed by atoms with van der Waals surface area (Å²) in [4.78, 5) is 22.5. The number of rotatable bonds is 5. The highest BCUT2D eigenvalue weighted by molar-refractivity contribution is 6.05. The molecule has 1 aromatic heterocycles. The standard InChI is InChI=1S/C15H17NO4/c1-9-6-12(15(19)20)10(2)13-11(8-18)7-16(14(9)13)4-3-5-17/h6-8,17H,3-5H2,1-2H3,(H,19,20). The molecule has 0 aliphatic heterocycles. The zero-order chi connectivity index (χ0) is 14.9. The molecular formula is C15H17NO4. The molecule has 0 radical (unpaired) electrons. The van der Waals surface area contributed by atoms with Crippen LogP contribution in [-0.4, -0.2) is 33.6 Å². The van der Waals surface area contributed by atoms with Gasteiger partial charge in [-0.15, -0.1) is 0 Å². The van der Waals surface area contributed by atoms with Gasteiger partial charge in [0.15, 0.2) is 6.29 Å². The highest BCUT2D eigenvalue weighted by Crippen LogP contribution is 2.30. The second kappa shape index (κ2) is 5.46. The molecule has 2 aromatic rings. The molecular weight excluding hydrogens is 258 g/mol. The summed E-state index contributed by atoms with van der Waals surface area (Å²) >= 11 is 0. The van der Waals surface area contributed by atoms with E-state index in [4.69, 9.17) is 5.11 Å². The maximum atomic E-state index is 11.3. The monoisotopic (exact) mass is 275 g/mol. The van der Waals surface area contributed by atoms with Crippen LogP contribution in [0.4, 0.5) is 0 Å². The minimum atomic E-state index is -0.993. The molecule has 0 bridgehead atoms. The number of aromatic nitrogens is 1. The largest absolute Gasteiger partial charge is 0.478 e. The van der Waals surface area contributed by atoms with E-state index in [1.807, 2.05) is 11.5 Å². The van der Waals surface area contributed by atoms with Gasteiger partial charge in [-0.05, 0) is 37.5 Å². The number of aliphatic hydroxyl groups is 1. The van der Waals surface area contributed by atoms with Gasteiger partial charge in [-0.1, -0.05) is 0 Å². The first-order valence-electron chi connectivity index (χ1n) is 6.43. The zero-order valence-corrected chi connectivity index (χ0v) is 11.5. The lowest BCUT2D eigenvalue weighted by Crippen LogP contribution is -2.04. The molecule has 0 fully saturated rings. The van der Waals surface area contributed by atoms with Crippen molar-refractivity contribution in [1.29, 1.82) is 0 Å². The maximum Gasteiger partial charge on any atom is 0.335 e. The van der Waals surface area contributed by atoms with Crippen LogP contribution in [0.2, 0.25) is 0 Å². The molecule has 1 aromatic carbocycles. The second-order valence-electron chi connectivity index (χ2n) is 4.87. The van der Waals surface area contributed by atoms with Crippen molar-refractivity contribution in [2.75, 3.05) is 6.61 Å². The molecule has 0 atom stereocenters. The minimum Gasteiger partial charge on any atom is -0.478 e. The van der Waals surface area contributed by atoms with Crippen molar-refractivity contribution in [2.24, 2.45) is 0 Å². The van der Waals surface area contributed by atoms with E-state index in [1.54, 1.807) is 19.2 Å². The fraction of sp³-hybridized carbons (Fsp3) is 0.333. The van der Waals surface area contributed by atoms with Crippen LogP contribution in [0.25, 0.3) is 10.9 Å². The van der Waals surface area contributed by atoms with Crippen LogP contribution >= 0.6 is 0 Å². The van der Waals surface area contributed by atoms with Crippen LogP contribution in [-0.2, 0) is 6.54 Å². The summed E-state index contributed by atoms with van der Waals surface area (Å²) < 4.78 is 1.91. The molecule has 0 saturated heterocycles. The van der Waals surface area contributed by atoms with E-state index < -0.39 is 5.97 Å². The van der Waals surface area contributed by atoms with Gasteiger partial charge in [-0.25, -0.2) is 4.79 Å². The van der Waals surface area contributed by atoms with E-state index in [2.05, 4.69) is 0 Å². The number of benzene rings is 1. The summed E-state index contributed by atoms with van der Waals surface area (Å²) in [6.45, 7) is 4.21. The number of fused-ring (bicyclic) bond motifs is 1. The highest BCUT2D eigenvalue weighted by atomic mass is 16.4. The van der Waals surface area contributed by atoms with Crippen LogP contribution in [0, 0.1) is 13.8 Å². The number of aliphatic hydroxyl groups excluding tert-OH is 1. The number of aryl methyl sites for hydroxylation is 3. The van der Waals surface area contributed by atoms with Crippen LogP contribution in [0.1, 0.15) is 38.3 Å². The lowest BCUT2D eigenvalue weighted by molar-refractivity contribution is 0.0696. The van der Waals surface area contributed by atoms with Crippen molar-refractivity contribution in [2.45, 2.75) is 26.8 Å². The molecule has 0 unspecified atom stereocenters. The smallest absolute Gasteiger partial charge is 0.335 e. The molecule has 0 saturated carbocycles. The Labute approximate surface area is 116 Å². The number of carbonyl (C=O) groups excluding carboxylic acids is 1. The summed E-state index contributed by atoms with van der Waals surface area (Å²) in [5.74, 6) is -0.993. The van der Waals surface area contributed by atoms with Crippen molar-refractivity contribution in [3.63, 3.8) is 0 Å². The number of carboxylic acid groups (broad SMARTS) is 1. The van der Waals surface area contributed by atoms with Gasteiger partial charge in [-0.2, -0.15) is 0 Å². The lowest BCUT2D eigenvalue weighted by atomic mass is 9.98. The third kappa shape index (κ3) is 2.20. The van der Waals surface area contributed by atoms with E-state index in [-0.39, 0.29) is 12.2 Å². The Balaban J connectivity index is 2.79. The topological polar surface area (TPSA) is 79.5 Å². The van der Waals surface area contributed by atoms with Crippen molar-refractivity contribution in [3.05, 3.63) is 34.5 Å². The molecule has 20 heavy (non-hydrogen) atoms. The quantitative estimate of drug-likeness (QED) is 0.819. The second-order valence-corrected chi connectivity index (χ2v) is 4.87. The molecule has 0 aliphatic rings. The van der Waals surface area contributed by atoms with Crippen molar-refractivity contribution >= 4 is 23.2 Å². The Morgan fingerprint density at radius 2 is 2.10 bits per heavy atom. The Morgan fingerprint density at radius 3 is 2.65 bits per heavy atom. The Bertz CT molecular complexity index is 685. The van der Waals surface area contributed by atoms with E-state index in [9.17, 15) is 14.7 Å². The minimum absolute atomic E-state index is 0.0708. The van der Waals surface area contributed by atoms with Gasteiger partial charge in [0.1, 0.15) is 0 Å². The molecule has 0 amide bonds.